The fourth-order valence-corrected chi connectivity index (χ4v) is 10.5. The summed E-state index contributed by atoms with van der Waals surface area (Å²) in [4.78, 5) is 52.2. The number of anilines is 2. The second kappa shape index (κ2) is 17.7. The minimum atomic E-state index is -0.498. The summed E-state index contributed by atoms with van der Waals surface area (Å²) in [5.74, 6) is 2.98. The van der Waals surface area contributed by atoms with E-state index in [1.54, 1.807) is 59.6 Å². The lowest BCUT2D eigenvalue weighted by atomic mass is 10.1. The Morgan fingerprint density at radius 3 is 1.58 bits per heavy atom. The van der Waals surface area contributed by atoms with E-state index in [-0.39, 0.29) is 28.1 Å². The number of nitrogens with zero attached hydrogens (tertiary/aromatic N) is 12. The van der Waals surface area contributed by atoms with Crippen molar-refractivity contribution in [1.29, 1.82) is 0 Å². The van der Waals surface area contributed by atoms with Crippen molar-refractivity contribution in [2.45, 2.75) is 94.9 Å². The average Bonchev–Trinajstić information content (AvgIpc) is 4.02. The monoisotopic (exact) mass is 938 g/mol. The molecule has 0 saturated heterocycles. The number of halogens is 1. The summed E-state index contributed by atoms with van der Waals surface area (Å²) >= 11 is 3.30. The van der Waals surface area contributed by atoms with Crippen LogP contribution in [0.5, 0.6) is 0 Å². The van der Waals surface area contributed by atoms with E-state index >= 15 is 0 Å². The first kappa shape index (κ1) is 45.8. The molecular weight excluding hydrogens is 884 g/mol. The Kier molecular flexibility index (Phi) is 12.1. The van der Waals surface area contributed by atoms with Crippen LogP contribution in [-0.4, -0.2) is 112 Å². The maximum atomic E-state index is 13.5. The zero-order valence-corrected chi connectivity index (χ0v) is 41.2. The van der Waals surface area contributed by atoms with Gasteiger partial charge in [-0.15, -0.1) is 23.5 Å². The summed E-state index contributed by atoms with van der Waals surface area (Å²) in [6, 6.07) is 27.1. The van der Waals surface area contributed by atoms with Gasteiger partial charge in [0.25, 0.3) is 11.8 Å². The first-order chi connectivity index (χ1) is 31.9. The Balaban J connectivity index is 0.000000168. The van der Waals surface area contributed by atoms with Crippen molar-refractivity contribution in [2.75, 3.05) is 42.7 Å². The standard InChI is InChI=1S/C25H27FN6OS.C25H28N6OS/c1-15(2)34-23-20-21(31-14-25(3,4)28-24(31)30(5)22(20)33)29-32(23)13-16-9-11-17(12-10-16)18-7-6-8-19(26)27-18;1-6-33-23-20-21(30-15-25(3,4)27-24(30)29(5)22(20)32)28-31(23)14-17-10-12-18(13-11-17)19-9-7-8-16(2)26-19/h6-12,15H,13-14H2,1-5H3;7-13H,6,14-15H2,1-5H3. The van der Waals surface area contributed by atoms with Gasteiger partial charge >= 0.3 is 0 Å². The van der Waals surface area contributed by atoms with Crippen LogP contribution >= 0.6 is 23.5 Å². The molecule has 0 N–H and O–H groups in total. The number of carbonyl (C=O) groups excluding carboxylic acids is 2. The van der Waals surface area contributed by atoms with Crippen LogP contribution in [0.25, 0.3) is 22.5 Å². The normalized spacial score (nSPS) is 16.7. The molecule has 10 rings (SSSR count). The van der Waals surface area contributed by atoms with Crippen LogP contribution in [-0.2, 0) is 13.1 Å². The molecule has 4 aliphatic heterocycles. The number of hydrogen-bond donors (Lipinski definition) is 0. The number of aliphatic imine (C=N–C) groups is 2. The number of aryl methyl sites for hydroxylation is 1. The molecule has 0 aliphatic carbocycles. The van der Waals surface area contributed by atoms with E-state index in [1.807, 2.05) is 58.8 Å². The molecule has 67 heavy (non-hydrogen) atoms. The number of benzene rings is 2. The molecule has 17 heteroatoms. The van der Waals surface area contributed by atoms with Crippen molar-refractivity contribution >= 4 is 58.9 Å². The second-order valence-corrected chi connectivity index (χ2v) is 21.5. The lowest BCUT2D eigenvalue weighted by Gasteiger charge is -2.30. The number of thioether (sulfide) groups is 2. The van der Waals surface area contributed by atoms with Crippen LogP contribution < -0.4 is 9.80 Å². The van der Waals surface area contributed by atoms with Crippen LogP contribution in [0, 0.1) is 12.9 Å². The summed E-state index contributed by atoms with van der Waals surface area (Å²) < 4.78 is 17.4. The molecule has 2 amide bonds. The molecule has 4 aromatic heterocycles. The van der Waals surface area contributed by atoms with Crippen molar-refractivity contribution in [3.63, 3.8) is 0 Å². The van der Waals surface area contributed by atoms with Gasteiger partial charge in [0.2, 0.25) is 17.9 Å². The number of hydrogen-bond acceptors (Lipinski definition) is 12. The number of carbonyl (C=O) groups is 2. The summed E-state index contributed by atoms with van der Waals surface area (Å²) in [5, 5.41) is 11.9. The Morgan fingerprint density at radius 1 is 0.657 bits per heavy atom. The summed E-state index contributed by atoms with van der Waals surface area (Å²) in [6.45, 7) is 19.1. The lowest BCUT2D eigenvalue weighted by Crippen LogP contribution is -2.48. The molecule has 2 aromatic carbocycles. The molecule has 4 aliphatic rings. The maximum Gasteiger partial charge on any atom is 0.266 e. The molecule has 0 radical (unpaired) electrons. The first-order valence-corrected chi connectivity index (χ1v) is 24.3. The molecular formula is C50H55FN12O2S2. The molecule has 346 valence electrons. The van der Waals surface area contributed by atoms with Crippen molar-refractivity contribution in [1.82, 2.24) is 39.3 Å². The lowest BCUT2D eigenvalue weighted by molar-refractivity contribution is 0.0854. The van der Waals surface area contributed by atoms with Gasteiger partial charge in [-0.25, -0.2) is 15.0 Å². The van der Waals surface area contributed by atoms with Crippen LogP contribution in [0.1, 0.15) is 86.0 Å². The summed E-state index contributed by atoms with van der Waals surface area (Å²) in [5.41, 5.74) is 7.42. The maximum absolute atomic E-state index is 13.5. The SMILES string of the molecule is CC(C)Sc1c2c(nn1Cc1ccc(-c3cccc(F)n3)cc1)N1CC(C)(C)N=C1N(C)C2=O.CCSc1c2c(nn1Cc1ccc(-c3cccc(C)n3)cc1)N1CC(C)(C)N=C1N(C)C2=O. The van der Waals surface area contributed by atoms with Crippen LogP contribution in [0.3, 0.4) is 0 Å². The number of amides is 2. The van der Waals surface area contributed by atoms with Crippen LogP contribution in [0.2, 0.25) is 0 Å². The number of rotatable bonds is 10. The largest absolute Gasteiger partial charge is 0.292 e. The number of fused-ring (bicyclic) bond motifs is 6. The highest BCUT2D eigenvalue weighted by Crippen LogP contribution is 2.41. The molecule has 0 spiro atoms. The minimum Gasteiger partial charge on any atom is -0.292 e. The molecule has 0 atom stereocenters. The Morgan fingerprint density at radius 2 is 1.12 bits per heavy atom. The van der Waals surface area contributed by atoms with Crippen molar-refractivity contribution < 1.29 is 14.0 Å². The van der Waals surface area contributed by atoms with E-state index in [0.29, 0.717) is 60.7 Å². The van der Waals surface area contributed by atoms with E-state index in [2.05, 4.69) is 92.5 Å². The average molecular weight is 939 g/mol. The summed E-state index contributed by atoms with van der Waals surface area (Å²) in [6.07, 6.45) is 0. The molecule has 0 fully saturated rings. The molecule has 8 heterocycles. The number of guanidine groups is 2. The predicted octanol–water partition coefficient (Wildman–Crippen LogP) is 9.13. The molecule has 0 bridgehead atoms. The molecule has 6 aromatic rings. The van der Waals surface area contributed by atoms with E-state index in [1.165, 1.54) is 6.07 Å². The van der Waals surface area contributed by atoms with Crippen LogP contribution in [0.15, 0.2) is 105 Å². The van der Waals surface area contributed by atoms with Gasteiger partial charge in [0.05, 0.1) is 48.6 Å². The van der Waals surface area contributed by atoms with Gasteiger partial charge in [-0.1, -0.05) is 81.4 Å². The van der Waals surface area contributed by atoms with E-state index in [4.69, 9.17) is 20.2 Å². The highest BCUT2D eigenvalue weighted by atomic mass is 32.2. The third-order valence-corrected chi connectivity index (χ3v) is 13.8. The van der Waals surface area contributed by atoms with Gasteiger partial charge in [-0.2, -0.15) is 14.6 Å². The topological polar surface area (TPSA) is 133 Å². The van der Waals surface area contributed by atoms with E-state index in [9.17, 15) is 14.0 Å². The fraction of sp³-hybridized carbons (Fsp3) is 0.360. The highest BCUT2D eigenvalue weighted by molar-refractivity contribution is 8.00. The van der Waals surface area contributed by atoms with Gasteiger partial charge in [-0.3, -0.25) is 43.5 Å². The zero-order valence-electron chi connectivity index (χ0n) is 39.6. The van der Waals surface area contributed by atoms with E-state index in [0.717, 1.165) is 55.3 Å². The van der Waals surface area contributed by atoms with E-state index < -0.39 is 5.95 Å². The Labute approximate surface area is 399 Å². The smallest absolute Gasteiger partial charge is 0.266 e. The van der Waals surface area contributed by atoms with Gasteiger partial charge in [0.1, 0.15) is 21.2 Å². The predicted molar refractivity (Wildman–Crippen MR) is 266 cm³/mol. The van der Waals surface area contributed by atoms with Gasteiger partial charge in [0.15, 0.2) is 11.6 Å². The van der Waals surface area contributed by atoms with Gasteiger partial charge < -0.3 is 0 Å². The minimum absolute atomic E-state index is 0.0410. The Bertz CT molecular complexity index is 2960. The molecule has 14 nitrogen and oxygen atoms in total. The van der Waals surface area contributed by atoms with Crippen LogP contribution in [0.4, 0.5) is 16.0 Å². The van der Waals surface area contributed by atoms with Crippen molar-refractivity contribution in [3.05, 3.63) is 119 Å². The number of aromatic nitrogens is 6. The number of pyridine rings is 2. The van der Waals surface area contributed by atoms with Gasteiger partial charge in [0, 0.05) is 36.2 Å². The first-order valence-electron chi connectivity index (χ1n) is 22.5. The van der Waals surface area contributed by atoms with Crippen molar-refractivity contribution in [3.8, 4) is 22.5 Å². The van der Waals surface area contributed by atoms with Gasteiger partial charge in [-0.05, 0) is 75.8 Å². The fourth-order valence-electron chi connectivity index (χ4n) is 8.66. The molecule has 0 saturated carbocycles. The third-order valence-electron chi connectivity index (χ3n) is 11.7. The third kappa shape index (κ3) is 8.98. The second-order valence-electron chi connectivity index (χ2n) is 18.7. The highest BCUT2D eigenvalue weighted by Gasteiger charge is 2.46. The van der Waals surface area contributed by atoms with Crippen molar-refractivity contribution in [2.24, 2.45) is 9.98 Å². The Hall–Kier alpha value is -6.33. The zero-order chi connectivity index (χ0) is 47.5. The summed E-state index contributed by atoms with van der Waals surface area (Å²) in [7, 11) is 3.58. The quantitative estimate of drug-likeness (QED) is 0.0968. The molecule has 0 unspecified atom stereocenters.